The van der Waals surface area contributed by atoms with Crippen LogP contribution in [0.5, 0.6) is 5.75 Å². The topological polar surface area (TPSA) is 75.7 Å². The second-order valence-corrected chi connectivity index (χ2v) is 10.5. The van der Waals surface area contributed by atoms with Gasteiger partial charge in [0.2, 0.25) is 15.9 Å². The lowest BCUT2D eigenvalue weighted by Gasteiger charge is -2.31. The Balaban J connectivity index is 1.50. The minimum absolute atomic E-state index is 0.150. The van der Waals surface area contributed by atoms with Crippen LogP contribution in [0, 0.1) is 5.92 Å². The number of ether oxygens (including phenoxy) is 1. The summed E-state index contributed by atoms with van der Waals surface area (Å²) in [6, 6.07) is 11.7. The summed E-state index contributed by atoms with van der Waals surface area (Å²) in [4.78, 5) is 12.5. The van der Waals surface area contributed by atoms with Gasteiger partial charge >= 0.3 is 0 Å². The van der Waals surface area contributed by atoms with Gasteiger partial charge in [-0.15, -0.1) is 0 Å². The Morgan fingerprint density at radius 1 is 1.10 bits per heavy atom. The van der Waals surface area contributed by atoms with Gasteiger partial charge in [0.1, 0.15) is 12.4 Å². The summed E-state index contributed by atoms with van der Waals surface area (Å²) in [7, 11) is -3.61. The highest BCUT2D eigenvalue weighted by Gasteiger charge is 2.32. The molecule has 0 saturated carbocycles. The molecular formula is C21H23Cl3N2O4S. The lowest BCUT2D eigenvalue weighted by Crippen LogP contribution is -2.46. The molecule has 3 rings (SSSR count). The average molecular weight is 506 g/mol. The molecule has 31 heavy (non-hydrogen) atoms. The number of amides is 1. The van der Waals surface area contributed by atoms with Crippen LogP contribution in [0.15, 0.2) is 42.5 Å². The number of nitrogens with one attached hydrogen (secondary N) is 1. The number of hydrogen-bond acceptors (Lipinski definition) is 4. The number of hydrogen-bond donors (Lipinski definition) is 1. The highest BCUT2D eigenvalue weighted by molar-refractivity contribution is 7.88. The number of rotatable bonds is 8. The van der Waals surface area contributed by atoms with E-state index in [9.17, 15) is 13.2 Å². The molecule has 0 aliphatic carbocycles. The molecule has 0 aromatic heterocycles. The van der Waals surface area contributed by atoms with Crippen molar-refractivity contribution in [1.82, 2.24) is 9.62 Å². The smallest absolute Gasteiger partial charge is 0.224 e. The fraction of sp³-hybridized carbons (Fsp3) is 0.381. The molecule has 0 spiro atoms. The largest absolute Gasteiger partial charge is 0.492 e. The minimum atomic E-state index is -3.61. The van der Waals surface area contributed by atoms with Crippen molar-refractivity contribution >= 4 is 50.7 Å². The van der Waals surface area contributed by atoms with Crippen molar-refractivity contribution in [2.45, 2.75) is 18.6 Å². The highest BCUT2D eigenvalue weighted by Crippen LogP contribution is 2.26. The van der Waals surface area contributed by atoms with E-state index in [0.29, 0.717) is 58.9 Å². The van der Waals surface area contributed by atoms with Crippen molar-refractivity contribution in [2.24, 2.45) is 5.92 Å². The van der Waals surface area contributed by atoms with E-state index in [1.165, 1.54) is 10.4 Å². The van der Waals surface area contributed by atoms with Crippen molar-refractivity contribution in [1.29, 1.82) is 0 Å². The quantitative estimate of drug-likeness (QED) is 0.540. The fourth-order valence-electron chi connectivity index (χ4n) is 3.35. The van der Waals surface area contributed by atoms with Crippen LogP contribution in [0.1, 0.15) is 18.4 Å². The Hall–Kier alpha value is -1.51. The van der Waals surface area contributed by atoms with Crippen LogP contribution in [0.4, 0.5) is 0 Å². The van der Waals surface area contributed by atoms with E-state index in [1.54, 1.807) is 36.4 Å². The Bertz CT molecular complexity index is 1020. The molecule has 1 N–H and O–H groups in total. The number of carbonyl (C=O) groups is 1. The van der Waals surface area contributed by atoms with E-state index < -0.39 is 15.9 Å². The summed E-state index contributed by atoms with van der Waals surface area (Å²) in [5.74, 6) is -0.148. The van der Waals surface area contributed by atoms with E-state index >= 15 is 0 Å². The average Bonchev–Trinajstić information content (AvgIpc) is 2.74. The van der Waals surface area contributed by atoms with E-state index in [4.69, 9.17) is 39.5 Å². The molecule has 2 aromatic rings. The molecule has 168 valence electrons. The zero-order valence-corrected chi connectivity index (χ0v) is 19.8. The number of piperidine rings is 1. The highest BCUT2D eigenvalue weighted by atomic mass is 35.5. The first-order chi connectivity index (χ1) is 14.7. The molecule has 0 bridgehead atoms. The van der Waals surface area contributed by atoms with E-state index in [2.05, 4.69) is 5.32 Å². The second kappa shape index (κ2) is 10.9. The molecule has 1 heterocycles. The van der Waals surface area contributed by atoms with Gasteiger partial charge in [-0.25, -0.2) is 12.7 Å². The van der Waals surface area contributed by atoms with Gasteiger partial charge in [0.15, 0.2) is 0 Å². The molecule has 10 heteroatoms. The van der Waals surface area contributed by atoms with E-state index in [1.807, 2.05) is 0 Å². The molecule has 1 aliphatic rings. The van der Waals surface area contributed by atoms with E-state index in [-0.39, 0.29) is 18.2 Å². The summed E-state index contributed by atoms with van der Waals surface area (Å²) in [5.41, 5.74) is 0.483. The van der Waals surface area contributed by atoms with Gasteiger partial charge in [-0.05, 0) is 54.8 Å². The molecule has 1 unspecified atom stereocenters. The van der Waals surface area contributed by atoms with Gasteiger partial charge in [-0.3, -0.25) is 4.79 Å². The first kappa shape index (κ1) is 24.1. The van der Waals surface area contributed by atoms with Crippen molar-refractivity contribution in [3.05, 3.63) is 63.1 Å². The minimum Gasteiger partial charge on any atom is -0.492 e. The van der Waals surface area contributed by atoms with Crippen molar-refractivity contribution in [3.63, 3.8) is 0 Å². The number of halogens is 3. The van der Waals surface area contributed by atoms with Crippen LogP contribution in [0.25, 0.3) is 0 Å². The summed E-state index contributed by atoms with van der Waals surface area (Å²) in [6.45, 7) is 1.16. The second-order valence-electron chi connectivity index (χ2n) is 7.28. The van der Waals surface area contributed by atoms with Gasteiger partial charge in [0.05, 0.1) is 18.2 Å². The van der Waals surface area contributed by atoms with Crippen LogP contribution in [0.2, 0.25) is 15.1 Å². The Morgan fingerprint density at radius 3 is 2.52 bits per heavy atom. The molecule has 1 atom stereocenters. The third kappa shape index (κ3) is 6.99. The molecule has 1 saturated heterocycles. The maximum absolute atomic E-state index is 12.9. The molecular weight excluding hydrogens is 483 g/mol. The van der Waals surface area contributed by atoms with Crippen molar-refractivity contribution in [3.8, 4) is 5.75 Å². The van der Waals surface area contributed by atoms with Crippen molar-refractivity contribution in [2.75, 3.05) is 26.2 Å². The number of nitrogens with zero attached hydrogens (tertiary/aromatic N) is 1. The molecule has 1 aliphatic heterocycles. The Labute approximate surface area is 197 Å². The molecule has 2 aromatic carbocycles. The van der Waals surface area contributed by atoms with Crippen LogP contribution >= 0.6 is 34.8 Å². The van der Waals surface area contributed by atoms with Crippen LogP contribution in [0.3, 0.4) is 0 Å². The standard InChI is InChI=1S/C21H23Cl3N2O4S/c22-17-5-7-19(8-6-17)30-11-9-25-21(27)15-2-1-10-26(13-15)31(28,29)14-16-3-4-18(23)12-20(16)24/h3-8,12,15H,1-2,9-11,13-14H2,(H,25,27). The van der Waals surface area contributed by atoms with Crippen LogP contribution < -0.4 is 10.1 Å². The summed E-state index contributed by atoms with van der Waals surface area (Å²) in [6.07, 6.45) is 1.25. The van der Waals surface area contributed by atoms with Gasteiger partial charge in [-0.2, -0.15) is 0 Å². The molecule has 1 fully saturated rings. The Kier molecular flexibility index (Phi) is 8.47. The molecule has 6 nitrogen and oxygen atoms in total. The lowest BCUT2D eigenvalue weighted by atomic mass is 9.99. The monoisotopic (exact) mass is 504 g/mol. The van der Waals surface area contributed by atoms with Crippen LogP contribution in [-0.4, -0.2) is 44.9 Å². The van der Waals surface area contributed by atoms with Gasteiger partial charge in [0.25, 0.3) is 0 Å². The summed E-state index contributed by atoms with van der Waals surface area (Å²) in [5, 5.41) is 4.20. The van der Waals surface area contributed by atoms with Gasteiger partial charge in [0, 0.05) is 28.2 Å². The zero-order valence-electron chi connectivity index (χ0n) is 16.7. The summed E-state index contributed by atoms with van der Waals surface area (Å²) < 4.78 is 32.7. The lowest BCUT2D eigenvalue weighted by molar-refractivity contribution is -0.126. The summed E-state index contributed by atoms with van der Waals surface area (Å²) >= 11 is 17.8. The first-order valence-corrected chi connectivity index (χ1v) is 12.6. The molecule has 0 radical (unpaired) electrons. The van der Waals surface area contributed by atoms with Crippen LogP contribution in [-0.2, 0) is 20.6 Å². The maximum Gasteiger partial charge on any atom is 0.224 e. The third-order valence-electron chi connectivity index (χ3n) is 4.98. The number of benzene rings is 2. The molecule has 1 amide bonds. The SMILES string of the molecule is O=C(NCCOc1ccc(Cl)cc1)C1CCCN(S(=O)(=O)Cc2ccc(Cl)cc2Cl)C1. The third-order valence-corrected chi connectivity index (χ3v) is 7.62. The predicted octanol–water partition coefficient (Wildman–Crippen LogP) is 4.38. The maximum atomic E-state index is 12.9. The van der Waals surface area contributed by atoms with Crippen molar-refractivity contribution < 1.29 is 17.9 Å². The predicted molar refractivity (Wildman–Crippen MR) is 123 cm³/mol. The zero-order chi connectivity index (χ0) is 22.4. The number of sulfonamides is 1. The van der Waals surface area contributed by atoms with E-state index in [0.717, 1.165) is 0 Å². The Morgan fingerprint density at radius 2 is 1.81 bits per heavy atom. The van der Waals surface area contributed by atoms with Gasteiger partial charge < -0.3 is 10.1 Å². The first-order valence-electron chi connectivity index (χ1n) is 9.82. The number of carbonyl (C=O) groups excluding carboxylic acids is 1. The normalized spacial score (nSPS) is 17.3. The fourth-order valence-corrected chi connectivity index (χ4v) is 5.68. The van der Waals surface area contributed by atoms with Gasteiger partial charge in [-0.1, -0.05) is 40.9 Å².